The van der Waals surface area contributed by atoms with Gasteiger partial charge in [-0.05, 0) is 30.7 Å². The van der Waals surface area contributed by atoms with Crippen molar-refractivity contribution in [3.05, 3.63) is 65.0 Å². The number of hydrogen-bond acceptors (Lipinski definition) is 4. The van der Waals surface area contributed by atoms with Crippen LogP contribution in [0, 0.1) is 13.8 Å². The summed E-state index contributed by atoms with van der Waals surface area (Å²) in [5, 5.41) is 6.16. The van der Waals surface area contributed by atoms with Gasteiger partial charge in [-0.3, -0.25) is 9.69 Å². The van der Waals surface area contributed by atoms with Gasteiger partial charge < -0.3 is 9.42 Å². The lowest BCUT2D eigenvalue weighted by Gasteiger charge is -2.34. The van der Waals surface area contributed by atoms with Crippen molar-refractivity contribution in [2.75, 3.05) is 26.2 Å². The third kappa shape index (κ3) is 3.10. The van der Waals surface area contributed by atoms with Gasteiger partial charge in [0.15, 0.2) is 0 Å². The summed E-state index contributed by atoms with van der Waals surface area (Å²) in [7, 11) is 0. The van der Waals surface area contributed by atoms with Gasteiger partial charge in [0, 0.05) is 43.9 Å². The van der Waals surface area contributed by atoms with Crippen molar-refractivity contribution in [3.63, 3.8) is 0 Å². The maximum Gasteiger partial charge on any atom is 0.254 e. The zero-order valence-electron chi connectivity index (χ0n) is 15.2. The van der Waals surface area contributed by atoms with E-state index in [1.165, 1.54) is 5.56 Å². The van der Waals surface area contributed by atoms with Crippen molar-refractivity contribution in [2.45, 2.75) is 20.4 Å². The first-order valence-electron chi connectivity index (χ1n) is 9.04. The van der Waals surface area contributed by atoms with Crippen molar-refractivity contribution in [1.82, 2.24) is 15.0 Å². The Morgan fingerprint density at radius 1 is 1.04 bits per heavy atom. The van der Waals surface area contributed by atoms with Gasteiger partial charge in [0.2, 0.25) is 0 Å². The molecule has 0 N–H and O–H groups in total. The molecule has 1 aliphatic heterocycles. The molecule has 1 saturated heterocycles. The lowest BCUT2D eigenvalue weighted by Crippen LogP contribution is -2.48. The first-order chi connectivity index (χ1) is 12.6. The summed E-state index contributed by atoms with van der Waals surface area (Å²) in [6.45, 7) is 7.97. The van der Waals surface area contributed by atoms with Gasteiger partial charge in [-0.2, -0.15) is 0 Å². The second-order valence-corrected chi connectivity index (χ2v) is 6.90. The van der Waals surface area contributed by atoms with Crippen LogP contribution in [0.3, 0.4) is 0 Å². The molecule has 2 aromatic carbocycles. The largest absolute Gasteiger partial charge is 0.361 e. The van der Waals surface area contributed by atoms with Crippen LogP contribution >= 0.6 is 0 Å². The van der Waals surface area contributed by atoms with Crippen LogP contribution in [0.2, 0.25) is 0 Å². The average molecular weight is 349 g/mol. The van der Waals surface area contributed by atoms with E-state index in [1.807, 2.05) is 61.2 Å². The Hall–Kier alpha value is -2.66. The van der Waals surface area contributed by atoms with E-state index >= 15 is 0 Å². The van der Waals surface area contributed by atoms with Gasteiger partial charge in [-0.15, -0.1) is 0 Å². The summed E-state index contributed by atoms with van der Waals surface area (Å²) < 4.78 is 5.25. The number of fused-ring (bicyclic) bond motifs is 1. The summed E-state index contributed by atoms with van der Waals surface area (Å²) in [5.74, 6) is 1.01. The van der Waals surface area contributed by atoms with Crippen LogP contribution in [0.4, 0.5) is 0 Å². The van der Waals surface area contributed by atoms with Crippen LogP contribution in [0.5, 0.6) is 0 Å². The lowest BCUT2D eigenvalue weighted by atomic mass is 10.0. The van der Waals surface area contributed by atoms with E-state index in [4.69, 9.17) is 4.52 Å². The molecule has 26 heavy (non-hydrogen) atoms. The molecule has 0 atom stereocenters. The highest BCUT2D eigenvalue weighted by Gasteiger charge is 2.24. The van der Waals surface area contributed by atoms with E-state index in [-0.39, 0.29) is 5.91 Å². The Balaban J connectivity index is 1.45. The number of carbonyl (C=O) groups is 1. The Kier molecular flexibility index (Phi) is 4.47. The van der Waals surface area contributed by atoms with Crippen molar-refractivity contribution in [2.24, 2.45) is 0 Å². The highest BCUT2D eigenvalue weighted by molar-refractivity contribution is 6.07. The van der Waals surface area contributed by atoms with Crippen LogP contribution in [0.1, 0.15) is 27.4 Å². The fraction of sp³-hybridized carbons (Fsp3) is 0.333. The molecule has 3 aromatic rings. The summed E-state index contributed by atoms with van der Waals surface area (Å²) in [6, 6.07) is 14.0. The first kappa shape index (κ1) is 16.8. The van der Waals surface area contributed by atoms with Crippen LogP contribution in [-0.2, 0) is 6.54 Å². The predicted molar refractivity (Wildman–Crippen MR) is 101 cm³/mol. The van der Waals surface area contributed by atoms with Crippen LogP contribution < -0.4 is 0 Å². The fourth-order valence-electron chi connectivity index (χ4n) is 3.64. The zero-order chi connectivity index (χ0) is 18.1. The number of benzene rings is 2. The number of nitrogens with zero attached hydrogens (tertiary/aromatic N) is 3. The van der Waals surface area contributed by atoms with Crippen LogP contribution in [0.25, 0.3) is 10.8 Å². The molecule has 1 fully saturated rings. The molecule has 5 nitrogen and oxygen atoms in total. The molecule has 4 rings (SSSR count). The van der Waals surface area contributed by atoms with Gasteiger partial charge in [0.05, 0.1) is 5.69 Å². The van der Waals surface area contributed by atoms with E-state index in [9.17, 15) is 4.79 Å². The maximum atomic E-state index is 13.0. The molecule has 0 radical (unpaired) electrons. The van der Waals surface area contributed by atoms with Gasteiger partial charge in [-0.25, -0.2) is 0 Å². The molecule has 1 aromatic heterocycles. The van der Waals surface area contributed by atoms with Gasteiger partial charge in [0.1, 0.15) is 5.76 Å². The summed E-state index contributed by atoms with van der Waals surface area (Å²) >= 11 is 0. The minimum atomic E-state index is 0.124. The summed E-state index contributed by atoms with van der Waals surface area (Å²) in [5.41, 5.74) is 2.91. The summed E-state index contributed by atoms with van der Waals surface area (Å²) in [4.78, 5) is 17.4. The minimum Gasteiger partial charge on any atom is -0.361 e. The summed E-state index contributed by atoms with van der Waals surface area (Å²) in [6.07, 6.45) is 0. The average Bonchev–Trinajstić information content (AvgIpc) is 2.99. The van der Waals surface area contributed by atoms with Crippen LogP contribution in [0.15, 0.2) is 47.0 Å². The van der Waals surface area contributed by atoms with Crippen LogP contribution in [-0.4, -0.2) is 47.0 Å². The molecule has 0 unspecified atom stereocenters. The first-order valence-corrected chi connectivity index (χ1v) is 9.04. The smallest absolute Gasteiger partial charge is 0.254 e. The molecular weight excluding hydrogens is 326 g/mol. The standard InChI is InChI=1S/C21H23N3O2/c1-15-20(16(2)26-22-15)14-23-10-12-24(13-11-23)21(25)19-9-5-7-17-6-3-4-8-18(17)19/h3-9H,10-14H2,1-2H3. The Labute approximate surface area is 153 Å². The molecule has 5 heteroatoms. The number of amides is 1. The number of piperazine rings is 1. The number of aromatic nitrogens is 1. The molecule has 0 spiro atoms. The third-order valence-electron chi connectivity index (χ3n) is 5.24. The van der Waals surface area contributed by atoms with Gasteiger partial charge in [0.25, 0.3) is 5.91 Å². The molecule has 0 saturated carbocycles. The third-order valence-corrected chi connectivity index (χ3v) is 5.24. The van der Waals surface area contributed by atoms with E-state index in [1.54, 1.807) is 0 Å². The monoisotopic (exact) mass is 349 g/mol. The van der Waals surface area contributed by atoms with E-state index in [0.29, 0.717) is 0 Å². The zero-order valence-corrected chi connectivity index (χ0v) is 15.2. The topological polar surface area (TPSA) is 49.6 Å². The quantitative estimate of drug-likeness (QED) is 0.727. The molecular formula is C21H23N3O2. The molecule has 2 heterocycles. The fourth-order valence-corrected chi connectivity index (χ4v) is 3.64. The maximum absolute atomic E-state index is 13.0. The van der Waals surface area contributed by atoms with E-state index in [0.717, 1.165) is 60.5 Å². The number of aryl methyl sites for hydroxylation is 2. The number of hydrogen-bond donors (Lipinski definition) is 0. The Morgan fingerprint density at radius 3 is 2.50 bits per heavy atom. The molecule has 1 aliphatic rings. The molecule has 0 bridgehead atoms. The molecule has 1 amide bonds. The predicted octanol–water partition coefficient (Wildman–Crippen LogP) is 3.40. The minimum absolute atomic E-state index is 0.124. The number of carbonyl (C=O) groups excluding carboxylic acids is 1. The van der Waals surface area contributed by atoms with Crippen molar-refractivity contribution in [1.29, 1.82) is 0 Å². The second-order valence-electron chi connectivity index (χ2n) is 6.90. The van der Waals surface area contributed by atoms with Crippen molar-refractivity contribution >= 4 is 16.7 Å². The van der Waals surface area contributed by atoms with E-state index in [2.05, 4.69) is 10.1 Å². The molecule has 134 valence electrons. The Bertz CT molecular complexity index is 915. The van der Waals surface area contributed by atoms with Gasteiger partial charge in [-0.1, -0.05) is 41.6 Å². The second kappa shape index (κ2) is 6.92. The van der Waals surface area contributed by atoms with Crippen molar-refractivity contribution in [3.8, 4) is 0 Å². The SMILES string of the molecule is Cc1noc(C)c1CN1CCN(C(=O)c2cccc3ccccc23)CC1. The highest BCUT2D eigenvalue weighted by atomic mass is 16.5. The van der Waals surface area contributed by atoms with E-state index < -0.39 is 0 Å². The van der Waals surface area contributed by atoms with Gasteiger partial charge >= 0.3 is 0 Å². The number of rotatable bonds is 3. The Morgan fingerprint density at radius 2 is 1.77 bits per heavy atom. The molecule has 0 aliphatic carbocycles. The van der Waals surface area contributed by atoms with Crippen molar-refractivity contribution < 1.29 is 9.32 Å². The normalized spacial score (nSPS) is 15.5. The lowest BCUT2D eigenvalue weighted by molar-refractivity contribution is 0.0629. The highest BCUT2D eigenvalue weighted by Crippen LogP contribution is 2.21.